The summed E-state index contributed by atoms with van der Waals surface area (Å²) in [6, 6.07) is 9.52. The van der Waals surface area contributed by atoms with Crippen LogP contribution in [0.4, 0.5) is 4.79 Å². The standard InChI is InChI=1S/C28H41NO5S2/c1-20(2)22-12-9-13-23(19-22)26(31)29-24(18-21-10-5-4-6-11-21)33-27(32)34-25(30)14-7-8-15-28(3)16-17-35-36-28/h4-6,10-11,20,22-24H,7-9,12-19H2,1-3H3,(H,29,31)/t22-,23-,24-,28+/m0/s1. The number of amides is 1. The molecule has 1 saturated carbocycles. The van der Waals surface area contributed by atoms with Crippen molar-refractivity contribution in [3.63, 3.8) is 0 Å². The Balaban J connectivity index is 1.49. The fraction of sp³-hybridized carbons (Fsp3) is 0.679. The van der Waals surface area contributed by atoms with Crippen molar-refractivity contribution in [3.05, 3.63) is 35.9 Å². The van der Waals surface area contributed by atoms with E-state index < -0.39 is 18.4 Å². The van der Waals surface area contributed by atoms with E-state index in [1.165, 1.54) is 12.2 Å². The molecule has 1 saturated heterocycles. The van der Waals surface area contributed by atoms with Gasteiger partial charge in [-0.25, -0.2) is 4.79 Å². The van der Waals surface area contributed by atoms with E-state index in [0.717, 1.165) is 44.1 Å². The predicted octanol–water partition coefficient (Wildman–Crippen LogP) is 6.92. The molecule has 0 bridgehead atoms. The minimum atomic E-state index is -1.06. The van der Waals surface area contributed by atoms with Gasteiger partial charge in [-0.2, -0.15) is 0 Å². The zero-order valence-corrected chi connectivity index (χ0v) is 23.5. The number of carbonyl (C=O) groups is 3. The number of carbonyl (C=O) groups excluding carboxylic acids is 3. The van der Waals surface area contributed by atoms with Gasteiger partial charge < -0.3 is 14.8 Å². The van der Waals surface area contributed by atoms with Gasteiger partial charge in [-0.3, -0.25) is 9.59 Å². The van der Waals surface area contributed by atoms with Crippen LogP contribution >= 0.6 is 21.6 Å². The third-order valence-corrected chi connectivity index (χ3v) is 10.7. The largest absolute Gasteiger partial charge is 0.518 e. The number of nitrogens with one attached hydrogen (secondary N) is 1. The fourth-order valence-electron chi connectivity index (χ4n) is 5.00. The van der Waals surface area contributed by atoms with E-state index in [-0.39, 0.29) is 23.0 Å². The Kier molecular flexibility index (Phi) is 11.5. The number of hydrogen-bond donors (Lipinski definition) is 1. The van der Waals surface area contributed by atoms with Crippen molar-refractivity contribution >= 4 is 39.6 Å². The summed E-state index contributed by atoms with van der Waals surface area (Å²) in [5.41, 5.74) is 0.919. The first-order valence-electron chi connectivity index (χ1n) is 13.3. The molecule has 1 amide bonds. The highest BCUT2D eigenvalue weighted by Gasteiger charge is 2.31. The molecule has 1 aliphatic carbocycles. The number of ether oxygens (including phenoxy) is 2. The van der Waals surface area contributed by atoms with Crippen LogP contribution in [-0.4, -0.2) is 34.8 Å². The first-order chi connectivity index (χ1) is 17.2. The van der Waals surface area contributed by atoms with Crippen molar-refractivity contribution in [3.8, 4) is 0 Å². The maximum Gasteiger partial charge on any atom is 0.518 e. The molecule has 8 heteroatoms. The molecule has 36 heavy (non-hydrogen) atoms. The molecule has 3 rings (SSSR count). The predicted molar refractivity (Wildman–Crippen MR) is 146 cm³/mol. The highest BCUT2D eigenvalue weighted by Crippen LogP contribution is 2.49. The summed E-state index contributed by atoms with van der Waals surface area (Å²) in [7, 11) is 3.84. The third kappa shape index (κ3) is 9.66. The summed E-state index contributed by atoms with van der Waals surface area (Å²) in [5.74, 6) is 1.46. The Labute approximate surface area is 223 Å². The zero-order valence-electron chi connectivity index (χ0n) is 21.8. The van der Waals surface area contributed by atoms with Crippen LogP contribution in [0, 0.1) is 17.8 Å². The van der Waals surface area contributed by atoms with Crippen LogP contribution in [0.2, 0.25) is 0 Å². The number of benzene rings is 1. The lowest BCUT2D eigenvalue weighted by Gasteiger charge is -2.31. The van der Waals surface area contributed by atoms with Crippen molar-refractivity contribution in [1.82, 2.24) is 5.32 Å². The van der Waals surface area contributed by atoms with Gasteiger partial charge in [0.2, 0.25) is 5.91 Å². The van der Waals surface area contributed by atoms with Crippen molar-refractivity contribution in [2.24, 2.45) is 17.8 Å². The SMILES string of the molecule is CC(C)[C@H]1CCC[C@H](C(=O)N[C@H](Cc2ccccc2)OC(=O)OC(=O)CCCC[C@]2(C)CCSS2)C1. The van der Waals surface area contributed by atoms with Gasteiger partial charge in [0.05, 0.1) is 0 Å². The van der Waals surface area contributed by atoms with E-state index in [0.29, 0.717) is 24.7 Å². The van der Waals surface area contributed by atoms with Gasteiger partial charge in [0.25, 0.3) is 0 Å². The van der Waals surface area contributed by atoms with Crippen LogP contribution < -0.4 is 5.32 Å². The molecule has 0 aromatic heterocycles. The quantitative estimate of drug-likeness (QED) is 0.108. The number of hydrogen-bond acceptors (Lipinski definition) is 7. The number of unbranched alkanes of at least 4 members (excludes halogenated alkanes) is 1. The Morgan fingerprint density at radius 2 is 1.92 bits per heavy atom. The smallest absolute Gasteiger partial charge is 0.410 e. The lowest BCUT2D eigenvalue weighted by Crippen LogP contribution is -2.44. The topological polar surface area (TPSA) is 81.7 Å². The van der Waals surface area contributed by atoms with Gasteiger partial charge in [0.15, 0.2) is 6.23 Å². The molecule has 4 atom stereocenters. The van der Waals surface area contributed by atoms with Crippen molar-refractivity contribution in [2.45, 2.75) is 96.0 Å². The second-order valence-corrected chi connectivity index (χ2v) is 13.7. The molecule has 1 aromatic carbocycles. The lowest BCUT2D eigenvalue weighted by molar-refractivity contribution is -0.141. The second-order valence-electron chi connectivity index (χ2n) is 10.7. The maximum atomic E-state index is 13.1. The molecule has 1 aliphatic heterocycles. The molecule has 1 heterocycles. The summed E-state index contributed by atoms with van der Waals surface area (Å²) in [5, 5.41) is 2.91. The van der Waals surface area contributed by atoms with Crippen molar-refractivity contribution in [2.75, 3.05) is 5.75 Å². The zero-order chi connectivity index (χ0) is 26.0. The Bertz CT molecular complexity index is 857. The molecule has 6 nitrogen and oxygen atoms in total. The third-order valence-electron chi connectivity index (χ3n) is 7.34. The molecular weight excluding hydrogens is 494 g/mol. The molecule has 2 aliphatic rings. The van der Waals surface area contributed by atoms with Crippen LogP contribution in [-0.2, 0) is 25.5 Å². The first-order valence-corrected chi connectivity index (χ1v) is 15.6. The van der Waals surface area contributed by atoms with E-state index in [2.05, 4.69) is 26.1 Å². The van der Waals surface area contributed by atoms with Gasteiger partial charge in [0, 0.05) is 29.3 Å². The molecular formula is C28H41NO5S2. The molecule has 0 spiro atoms. The minimum Gasteiger partial charge on any atom is -0.410 e. The van der Waals surface area contributed by atoms with E-state index in [1.807, 2.05) is 51.9 Å². The van der Waals surface area contributed by atoms with Crippen molar-refractivity contribution in [1.29, 1.82) is 0 Å². The maximum absolute atomic E-state index is 13.1. The fourth-order valence-corrected chi connectivity index (χ4v) is 8.30. The van der Waals surface area contributed by atoms with Crippen LogP contribution in [0.15, 0.2) is 30.3 Å². The van der Waals surface area contributed by atoms with E-state index in [4.69, 9.17) is 9.47 Å². The molecule has 1 aromatic rings. The Morgan fingerprint density at radius 3 is 2.61 bits per heavy atom. The van der Waals surface area contributed by atoms with Crippen molar-refractivity contribution < 1.29 is 23.9 Å². The average Bonchev–Trinajstić information content (AvgIpc) is 3.29. The lowest BCUT2D eigenvalue weighted by atomic mass is 9.76. The molecule has 2 fully saturated rings. The average molecular weight is 536 g/mol. The van der Waals surface area contributed by atoms with Crippen LogP contribution in [0.3, 0.4) is 0 Å². The normalized spacial score (nSPS) is 24.8. The number of rotatable bonds is 11. The summed E-state index contributed by atoms with van der Waals surface area (Å²) >= 11 is 0. The number of esters is 1. The monoisotopic (exact) mass is 535 g/mol. The molecule has 200 valence electrons. The minimum absolute atomic E-state index is 0.0936. The summed E-state index contributed by atoms with van der Waals surface area (Å²) in [6.07, 6.45) is 6.23. The van der Waals surface area contributed by atoms with E-state index >= 15 is 0 Å². The first kappa shape index (κ1) is 28.9. The van der Waals surface area contributed by atoms with Gasteiger partial charge in [0.1, 0.15) is 0 Å². The summed E-state index contributed by atoms with van der Waals surface area (Å²) in [4.78, 5) is 37.7. The van der Waals surface area contributed by atoms with E-state index in [1.54, 1.807) is 0 Å². The summed E-state index contributed by atoms with van der Waals surface area (Å²) in [6.45, 7) is 6.67. The second kappa shape index (κ2) is 14.3. The van der Waals surface area contributed by atoms with Crippen LogP contribution in [0.1, 0.15) is 84.1 Å². The van der Waals surface area contributed by atoms with Gasteiger partial charge in [-0.15, -0.1) is 0 Å². The Hall–Kier alpha value is -1.67. The molecule has 1 N–H and O–H groups in total. The van der Waals surface area contributed by atoms with Crippen LogP contribution in [0.5, 0.6) is 0 Å². The summed E-state index contributed by atoms with van der Waals surface area (Å²) < 4.78 is 10.7. The van der Waals surface area contributed by atoms with E-state index in [9.17, 15) is 14.4 Å². The van der Waals surface area contributed by atoms with Gasteiger partial charge in [-0.1, -0.05) is 85.0 Å². The Morgan fingerprint density at radius 1 is 1.14 bits per heavy atom. The highest BCUT2D eigenvalue weighted by atomic mass is 33.1. The van der Waals surface area contributed by atoms with Crippen LogP contribution in [0.25, 0.3) is 0 Å². The molecule has 0 unspecified atom stereocenters. The molecule has 0 radical (unpaired) electrons. The van der Waals surface area contributed by atoms with Gasteiger partial charge in [-0.05, 0) is 56.4 Å². The van der Waals surface area contributed by atoms with Gasteiger partial charge >= 0.3 is 12.1 Å². The highest BCUT2D eigenvalue weighted by molar-refractivity contribution is 8.77.